The molecule has 0 aromatic rings. The summed E-state index contributed by atoms with van der Waals surface area (Å²) in [5, 5.41) is 0. The van der Waals surface area contributed by atoms with Crippen LogP contribution < -0.4 is 0 Å². The van der Waals surface area contributed by atoms with E-state index in [0.29, 0.717) is 47.9 Å². The summed E-state index contributed by atoms with van der Waals surface area (Å²) in [4.78, 5) is 24.5. The number of carbonyl (C=O) groups excluding carboxylic acids is 2. The highest BCUT2D eigenvalue weighted by atomic mass is 16.5. The first-order chi connectivity index (χ1) is 15.2. The van der Waals surface area contributed by atoms with E-state index in [1.807, 2.05) is 19.9 Å². The van der Waals surface area contributed by atoms with E-state index in [1.54, 1.807) is 0 Å². The van der Waals surface area contributed by atoms with Crippen LogP contribution in [-0.2, 0) is 14.3 Å². The second-order valence-electron chi connectivity index (χ2n) is 11.9. The Balaban J connectivity index is 1.59. The number of carbonyl (C=O) groups is 2. The molecule has 0 radical (unpaired) electrons. The fourth-order valence-corrected chi connectivity index (χ4v) is 8.64. The van der Waals surface area contributed by atoms with Crippen LogP contribution in [0.4, 0.5) is 0 Å². The van der Waals surface area contributed by atoms with Gasteiger partial charge in [-0.05, 0) is 110 Å². The molecule has 3 nitrogen and oxygen atoms in total. The highest BCUT2D eigenvalue weighted by molar-refractivity contribution is 5.92. The number of esters is 1. The molecule has 5 unspecified atom stereocenters. The maximum absolute atomic E-state index is 12.3. The Hall–Kier alpha value is -1.38. The zero-order valence-corrected chi connectivity index (χ0v) is 21.2. The first-order valence-corrected chi connectivity index (χ1v) is 13.3. The van der Waals surface area contributed by atoms with Crippen molar-refractivity contribution in [3.63, 3.8) is 0 Å². The fraction of sp³-hybridized carbons (Fsp3) is 0.793. The summed E-state index contributed by atoms with van der Waals surface area (Å²) in [5.41, 5.74) is 3.33. The van der Waals surface area contributed by atoms with E-state index in [9.17, 15) is 9.59 Å². The maximum atomic E-state index is 12.3. The largest absolute Gasteiger partial charge is 0.466 e. The average Bonchev–Trinajstić information content (AvgIpc) is 3.11. The van der Waals surface area contributed by atoms with Crippen molar-refractivity contribution in [1.82, 2.24) is 0 Å². The van der Waals surface area contributed by atoms with Crippen molar-refractivity contribution < 1.29 is 14.3 Å². The zero-order valence-electron chi connectivity index (χ0n) is 21.2. The second-order valence-corrected chi connectivity index (χ2v) is 11.9. The van der Waals surface area contributed by atoms with Crippen molar-refractivity contribution in [1.29, 1.82) is 0 Å². The number of hydrogen-bond acceptors (Lipinski definition) is 3. The summed E-state index contributed by atoms with van der Waals surface area (Å²) < 4.78 is 5.29. The van der Waals surface area contributed by atoms with Gasteiger partial charge in [0.15, 0.2) is 5.78 Å². The molecule has 4 aliphatic carbocycles. The molecule has 0 aromatic carbocycles. The van der Waals surface area contributed by atoms with Crippen LogP contribution in [0, 0.1) is 46.3 Å². The molecule has 178 valence electrons. The highest BCUT2D eigenvalue weighted by Crippen LogP contribution is 2.67. The molecule has 0 spiro atoms. The van der Waals surface area contributed by atoms with Crippen molar-refractivity contribution >= 4 is 11.8 Å². The van der Waals surface area contributed by atoms with Gasteiger partial charge in [0.2, 0.25) is 0 Å². The number of rotatable bonds is 6. The van der Waals surface area contributed by atoms with Gasteiger partial charge in [0.25, 0.3) is 0 Å². The van der Waals surface area contributed by atoms with Gasteiger partial charge in [0, 0.05) is 6.42 Å². The van der Waals surface area contributed by atoms with E-state index < -0.39 is 0 Å². The van der Waals surface area contributed by atoms with E-state index in [1.165, 1.54) is 36.8 Å². The number of ketones is 1. The van der Waals surface area contributed by atoms with E-state index in [4.69, 9.17) is 4.74 Å². The van der Waals surface area contributed by atoms with Gasteiger partial charge in [0.1, 0.15) is 0 Å². The number of fused-ring (bicyclic) bond motifs is 5. The second kappa shape index (κ2) is 8.76. The van der Waals surface area contributed by atoms with Crippen molar-refractivity contribution in [3.8, 4) is 0 Å². The Morgan fingerprint density at radius 2 is 1.88 bits per heavy atom. The predicted octanol–water partition coefficient (Wildman–Crippen LogP) is 6.92. The summed E-state index contributed by atoms with van der Waals surface area (Å²) >= 11 is 0. The van der Waals surface area contributed by atoms with Crippen molar-refractivity contribution in [2.75, 3.05) is 6.61 Å². The van der Waals surface area contributed by atoms with Crippen LogP contribution in [0.2, 0.25) is 0 Å². The lowest BCUT2D eigenvalue weighted by atomic mass is 9.47. The van der Waals surface area contributed by atoms with Crippen LogP contribution in [0.3, 0.4) is 0 Å². The third-order valence-corrected chi connectivity index (χ3v) is 10.3. The molecule has 0 N–H and O–H groups in total. The van der Waals surface area contributed by atoms with Gasteiger partial charge in [-0.1, -0.05) is 40.7 Å². The minimum Gasteiger partial charge on any atom is -0.466 e. The quantitative estimate of drug-likeness (QED) is 0.421. The minimum atomic E-state index is -0.0374. The molecule has 4 rings (SSSR count). The molecule has 0 aromatic heterocycles. The molecule has 2 fully saturated rings. The lowest BCUT2D eigenvalue weighted by Gasteiger charge is -2.57. The number of hydrogen-bond donors (Lipinski definition) is 0. The monoisotopic (exact) mass is 440 g/mol. The van der Waals surface area contributed by atoms with Crippen LogP contribution in [0.15, 0.2) is 23.3 Å². The molecule has 3 heteroatoms. The van der Waals surface area contributed by atoms with Crippen LogP contribution in [0.5, 0.6) is 0 Å². The molecule has 32 heavy (non-hydrogen) atoms. The first-order valence-electron chi connectivity index (χ1n) is 13.3. The Morgan fingerprint density at radius 3 is 2.56 bits per heavy atom. The summed E-state index contributed by atoms with van der Waals surface area (Å²) in [7, 11) is 0. The summed E-state index contributed by atoms with van der Waals surface area (Å²) in [5.74, 6) is 3.52. The van der Waals surface area contributed by atoms with Gasteiger partial charge in [-0.2, -0.15) is 0 Å². The van der Waals surface area contributed by atoms with Gasteiger partial charge in [-0.3, -0.25) is 9.59 Å². The smallest absolute Gasteiger partial charge is 0.308 e. The molecule has 0 heterocycles. The Labute approximate surface area is 195 Å². The lowest BCUT2D eigenvalue weighted by molar-refractivity contribution is -0.148. The average molecular weight is 441 g/mol. The molecular weight excluding hydrogens is 396 g/mol. The number of ether oxygens (including phenoxy) is 1. The van der Waals surface area contributed by atoms with E-state index in [-0.39, 0.29) is 17.3 Å². The van der Waals surface area contributed by atoms with E-state index >= 15 is 0 Å². The van der Waals surface area contributed by atoms with Gasteiger partial charge >= 0.3 is 5.97 Å². The van der Waals surface area contributed by atoms with Crippen LogP contribution >= 0.6 is 0 Å². The number of allylic oxidation sites excluding steroid dienone is 4. The first kappa shape index (κ1) is 23.8. The minimum absolute atomic E-state index is 0.0170. The van der Waals surface area contributed by atoms with Crippen LogP contribution in [-0.4, -0.2) is 18.4 Å². The molecule has 0 bridgehead atoms. The highest BCUT2D eigenvalue weighted by Gasteiger charge is 2.59. The standard InChI is InChI=1S/C29H44O3/c1-7-20-16-22-24-10-9-23(18(3)15-19(4)27(31)32-8-2)28(24,5)14-12-25(22)29(6)13-11-21(30)17-26(20)29/h16-19,22-25H,7-15H2,1-6H3/t18-,19?,22?,23?,24?,25?,28-,29-/m1/s1. The third kappa shape index (κ3) is 3.72. The van der Waals surface area contributed by atoms with Gasteiger partial charge in [0.05, 0.1) is 12.5 Å². The molecule has 4 aliphatic rings. The van der Waals surface area contributed by atoms with E-state index in [2.05, 4.69) is 33.8 Å². The van der Waals surface area contributed by atoms with Gasteiger partial charge in [-0.25, -0.2) is 0 Å². The SMILES string of the molecule is CCOC(=O)C(C)C[C@@H](C)C1CCC2C3C=C(CC)C4=CC(=O)CC[C@]4(C)C3CC[C@@]21C. The topological polar surface area (TPSA) is 43.4 Å². The molecular formula is C29H44O3. The normalized spacial score (nSPS) is 40.4. The maximum Gasteiger partial charge on any atom is 0.308 e. The fourth-order valence-electron chi connectivity index (χ4n) is 8.64. The van der Waals surface area contributed by atoms with Gasteiger partial charge < -0.3 is 4.74 Å². The van der Waals surface area contributed by atoms with Crippen molar-refractivity contribution in [3.05, 3.63) is 23.3 Å². The molecule has 0 aliphatic heterocycles. The third-order valence-electron chi connectivity index (χ3n) is 10.3. The van der Waals surface area contributed by atoms with Crippen LogP contribution in [0.25, 0.3) is 0 Å². The van der Waals surface area contributed by atoms with Crippen molar-refractivity contribution in [2.24, 2.45) is 46.3 Å². The Kier molecular flexibility index (Phi) is 6.51. The van der Waals surface area contributed by atoms with Gasteiger partial charge in [-0.15, -0.1) is 0 Å². The molecule has 0 amide bonds. The molecule has 0 saturated heterocycles. The lowest BCUT2D eigenvalue weighted by Crippen LogP contribution is -2.50. The molecule has 8 atom stereocenters. The Bertz CT molecular complexity index is 822. The summed E-state index contributed by atoms with van der Waals surface area (Å²) in [6.07, 6.45) is 13.4. The van der Waals surface area contributed by atoms with E-state index in [0.717, 1.165) is 25.2 Å². The molecule has 2 saturated carbocycles. The Morgan fingerprint density at radius 1 is 1.12 bits per heavy atom. The van der Waals surface area contributed by atoms with Crippen molar-refractivity contribution in [2.45, 2.75) is 92.9 Å². The predicted molar refractivity (Wildman–Crippen MR) is 129 cm³/mol. The van der Waals surface area contributed by atoms with Crippen LogP contribution in [0.1, 0.15) is 92.9 Å². The zero-order chi connectivity index (χ0) is 23.3. The summed E-state index contributed by atoms with van der Waals surface area (Å²) in [6.45, 7) is 14.1. The summed E-state index contributed by atoms with van der Waals surface area (Å²) in [6, 6.07) is 0.